The van der Waals surface area contributed by atoms with Crippen molar-refractivity contribution in [2.24, 2.45) is 17.6 Å². The number of carbonyl (C=O) groups excluding carboxylic acids is 13. The van der Waals surface area contributed by atoms with Crippen molar-refractivity contribution in [1.82, 2.24) is 88.6 Å². The lowest BCUT2D eigenvalue weighted by atomic mass is 9.85. The molecule has 3 aliphatic heterocycles. The van der Waals surface area contributed by atoms with Crippen LogP contribution in [0.5, 0.6) is 0 Å². The van der Waals surface area contributed by atoms with E-state index < -0.39 is 186 Å². The Labute approximate surface area is 619 Å². The summed E-state index contributed by atoms with van der Waals surface area (Å²) in [7, 11) is 0. The Balaban J connectivity index is 1.26. The average molecular weight is 1490 g/mol. The Kier molecular flexibility index (Phi) is 29.6. The van der Waals surface area contributed by atoms with E-state index in [1.165, 1.54) is 31.3 Å². The molecule has 3 fully saturated rings. The lowest BCUT2D eigenvalue weighted by Crippen LogP contribution is -2.68. The molecule has 19 N–H and O–H groups in total. The summed E-state index contributed by atoms with van der Waals surface area (Å²) in [4.78, 5) is 215. The minimum Gasteiger partial charge on any atom is -0.481 e. The zero-order valence-electron chi connectivity index (χ0n) is 62.1. The van der Waals surface area contributed by atoms with Gasteiger partial charge in [0, 0.05) is 96.8 Å². The Bertz CT molecular complexity index is 4000. The predicted molar refractivity (Wildman–Crippen MR) is 392 cm³/mol. The number of primary amides is 1. The number of nitrogens with zero attached hydrogens (tertiary/aromatic N) is 2. The molecule has 0 aliphatic carbocycles. The second-order valence-electron chi connectivity index (χ2n) is 29.4. The minimum absolute atomic E-state index is 0.00745. The molecular weight excluding hydrogens is 1380 g/mol. The first-order chi connectivity index (χ1) is 50.5. The van der Waals surface area contributed by atoms with E-state index in [1.807, 2.05) is 6.07 Å². The van der Waals surface area contributed by atoms with Gasteiger partial charge < -0.3 is 99.6 Å². The van der Waals surface area contributed by atoms with Crippen LogP contribution in [0.4, 0.5) is 0 Å². The number of nitrogens with one attached hydrogen (secondary N) is 15. The minimum atomic E-state index is -1.98. The van der Waals surface area contributed by atoms with Crippen LogP contribution in [0.1, 0.15) is 144 Å². The van der Waals surface area contributed by atoms with Gasteiger partial charge in [0.25, 0.3) is 0 Å². The van der Waals surface area contributed by atoms with Gasteiger partial charge in [0.15, 0.2) is 0 Å². The molecule has 2 aromatic carbocycles. The molecule has 0 spiro atoms. The van der Waals surface area contributed by atoms with Crippen LogP contribution in [-0.4, -0.2) is 215 Å². The number of aromatic amines is 3. The summed E-state index contributed by atoms with van der Waals surface area (Å²) in [5.41, 5.74) is 5.80. The number of aliphatic hydroxyl groups is 1. The number of rotatable bonds is 19. The lowest BCUT2D eigenvalue weighted by molar-refractivity contribution is -0.143. The maximum atomic E-state index is 15.3. The Hall–Kier alpha value is -10.8. The molecule has 3 aliphatic rings. The normalized spacial score (nSPS) is 24.5. The number of nitrogens with two attached hydrogens (primary N) is 1. The number of aromatic nitrogens is 4. The topological polar surface area (TPSA) is 513 Å². The molecule has 0 radical (unpaired) electrons. The van der Waals surface area contributed by atoms with Crippen LogP contribution in [0.15, 0.2) is 73.4 Å². The number of amides is 13. The number of carboxylic acids is 1. The number of imidazole rings is 1. The van der Waals surface area contributed by atoms with Crippen molar-refractivity contribution in [3.63, 3.8) is 0 Å². The highest BCUT2D eigenvalue weighted by Gasteiger charge is 2.47. The monoisotopic (exact) mass is 1490 g/mol. The van der Waals surface area contributed by atoms with Crippen LogP contribution in [-0.2, 0) is 86.4 Å². The summed E-state index contributed by atoms with van der Waals surface area (Å²) in [6, 6.07) is -0.143. The van der Waals surface area contributed by atoms with E-state index >= 15 is 4.79 Å². The first kappa shape index (κ1) is 83.5. The summed E-state index contributed by atoms with van der Waals surface area (Å²) < 4.78 is 0. The third-order valence-corrected chi connectivity index (χ3v) is 18.8. The highest BCUT2D eigenvalue weighted by atomic mass is 16.4. The molecule has 3 saturated heterocycles. The molecule has 2 unspecified atom stereocenters. The molecule has 3 aromatic heterocycles. The van der Waals surface area contributed by atoms with Gasteiger partial charge in [0.1, 0.15) is 59.9 Å². The summed E-state index contributed by atoms with van der Waals surface area (Å²) >= 11 is 0. The first-order valence-corrected chi connectivity index (χ1v) is 36.2. The number of aliphatic hydroxyl groups excluding tert-OH is 1. The van der Waals surface area contributed by atoms with Gasteiger partial charge in [-0.3, -0.25) is 67.1 Å². The number of hydrogen-bond acceptors (Lipinski definition) is 17. The van der Waals surface area contributed by atoms with Gasteiger partial charge in [-0.25, -0.2) is 4.98 Å². The van der Waals surface area contributed by atoms with Crippen LogP contribution < -0.4 is 69.5 Å². The molecule has 11 atom stereocenters. The quantitative estimate of drug-likeness (QED) is 0.0448. The van der Waals surface area contributed by atoms with E-state index in [0.717, 1.165) is 0 Å². The van der Waals surface area contributed by atoms with Crippen molar-refractivity contribution in [1.29, 1.82) is 0 Å². The van der Waals surface area contributed by atoms with Crippen molar-refractivity contribution in [2.75, 3.05) is 19.6 Å². The molecule has 107 heavy (non-hydrogen) atoms. The Morgan fingerprint density at radius 2 is 1.18 bits per heavy atom. The molecule has 5 aromatic rings. The molecule has 8 rings (SSSR count). The number of fused-ring (bicyclic) bond motifs is 36. The molecule has 6 heterocycles. The highest BCUT2D eigenvalue weighted by Crippen LogP contribution is 2.27. The maximum absolute atomic E-state index is 15.3. The Morgan fingerprint density at radius 3 is 1.72 bits per heavy atom. The van der Waals surface area contributed by atoms with Crippen molar-refractivity contribution >= 4 is 105 Å². The van der Waals surface area contributed by atoms with Gasteiger partial charge in [-0.05, 0) is 108 Å². The molecule has 0 saturated carbocycles. The molecule has 13 amide bonds. The van der Waals surface area contributed by atoms with Crippen LogP contribution in [0, 0.1) is 11.8 Å². The van der Waals surface area contributed by atoms with Gasteiger partial charge in [-0.2, -0.15) is 0 Å². The smallest absolute Gasteiger partial charge is 0.303 e. The summed E-state index contributed by atoms with van der Waals surface area (Å²) in [5.74, 6) is -13.7. The van der Waals surface area contributed by atoms with E-state index in [9.17, 15) is 72.5 Å². The van der Waals surface area contributed by atoms with E-state index in [4.69, 9.17) is 5.73 Å². The zero-order chi connectivity index (χ0) is 78.6. The van der Waals surface area contributed by atoms with Crippen LogP contribution in [0.2, 0.25) is 0 Å². The lowest BCUT2D eigenvalue weighted by Gasteiger charge is -2.42. The third-order valence-electron chi connectivity index (χ3n) is 18.8. The van der Waals surface area contributed by atoms with Crippen molar-refractivity contribution in [3.8, 4) is 0 Å². The maximum Gasteiger partial charge on any atom is 0.303 e. The van der Waals surface area contributed by atoms with E-state index in [2.05, 4.69) is 83.7 Å². The largest absolute Gasteiger partial charge is 0.481 e. The van der Waals surface area contributed by atoms with Crippen molar-refractivity contribution < 1.29 is 77.3 Å². The standard InChI is InChI=1S/C73H104N18O16/c1-11-16-49-65(101)87-59(39(4)5)70(106)86-54(31-43-34-77-48-20-15-13-18-46(43)48)69(105)90-73(71(107)88-60(41(7)92)61(74)97)25-27-91(28-26-73)57(94)23-21-51(89-72(8,9)10)66(102)80-40(6)62(98)83-53(30-42-33-76-47-19-14-12-17-45(42)47)67(103)85-55(32-44-35-75-37-79-44)68(104)84-52(29-38(2)3)63(99)78-36-56(93)81-50(64(100)82-49)22-24-58(95)96/h12-15,17-20,33-35,37-41,49-55,59-60,76-77,89,92H,11,16,21-32,36H2,1-10H3,(H2,74,97)(H,75,79)(H,78,99)(H,80,102)(H,81,93)(H,82,100)(H,83,98)(H,84,104)(H,85,103)(H,86,106)(H,87,101)(H,88,107)(H,90,105)(H,95,96)/t40-,41?,49-,50-,51-,52-,53?,54-,55-,59-,60-/m0/s1. The summed E-state index contributed by atoms with van der Waals surface area (Å²) in [6.45, 7) is 15.2. The number of piperidine rings is 1. The van der Waals surface area contributed by atoms with E-state index in [1.54, 1.807) is 110 Å². The van der Waals surface area contributed by atoms with Gasteiger partial charge in [0.2, 0.25) is 76.8 Å². The van der Waals surface area contributed by atoms with Crippen LogP contribution in [0.3, 0.4) is 0 Å². The fourth-order valence-corrected chi connectivity index (χ4v) is 13.0. The SMILES string of the molecule is CCC[C@@H]1NC(=O)[C@H](CCC(=O)O)NC(=O)CNC(=O)[C@H](CC(C)C)NC(=O)[C@H](Cc2cnc[nH]2)NC(=O)C(Cc2c[nH]c3ccccc23)NC(=O)[C@H](C)NC(=O)[C@@H](NC(C)(C)C)CCC(=O)N2CCC(C(=O)N[C@H](C(N)=O)C(C)O)(CC2)NC(=O)[C@H](Cc2c[nH]c3ccccc23)NC(=O)[C@H](C(C)C)NC1=O. The van der Waals surface area contributed by atoms with Crippen LogP contribution >= 0.6 is 0 Å². The van der Waals surface area contributed by atoms with Gasteiger partial charge in [-0.1, -0.05) is 77.4 Å². The first-order valence-electron chi connectivity index (χ1n) is 36.2. The second-order valence-corrected chi connectivity index (χ2v) is 29.4. The van der Waals surface area contributed by atoms with Crippen molar-refractivity contribution in [3.05, 3.63) is 90.3 Å². The summed E-state index contributed by atoms with van der Waals surface area (Å²) in [6.07, 6.45) is 1.95. The van der Waals surface area contributed by atoms with Gasteiger partial charge in [-0.15, -0.1) is 0 Å². The molecule has 582 valence electrons. The molecular formula is C73H104N18O16. The van der Waals surface area contributed by atoms with Crippen molar-refractivity contribution in [2.45, 2.75) is 224 Å². The fourth-order valence-electron chi connectivity index (χ4n) is 13.0. The summed E-state index contributed by atoms with van der Waals surface area (Å²) in [5, 5.41) is 54.3. The number of para-hydroxylation sites is 2. The third kappa shape index (κ3) is 23.9. The predicted octanol–water partition coefficient (Wildman–Crippen LogP) is -0.840. The highest BCUT2D eigenvalue weighted by molar-refractivity contribution is 6.01. The van der Waals surface area contributed by atoms with Gasteiger partial charge in [0.05, 0.1) is 25.0 Å². The zero-order valence-corrected chi connectivity index (χ0v) is 62.1. The van der Waals surface area contributed by atoms with E-state index in [-0.39, 0.29) is 83.2 Å². The van der Waals surface area contributed by atoms with Crippen LogP contribution in [0.25, 0.3) is 21.8 Å². The number of carbonyl (C=O) groups is 14. The fraction of sp³-hybridized carbons (Fsp3) is 0.548. The number of H-pyrrole nitrogens is 3. The molecule has 34 nitrogen and oxygen atoms in total. The second kappa shape index (κ2) is 38.0. The van der Waals surface area contributed by atoms with Gasteiger partial charge >= 0.3 is 5.97 Å². The average Bonchev–Trinajstić information content (AvgIpc) is 1.37. The number of carboxylic acid groups (broad SMARTS) is 1. The number of aliphatic carboxylic acids is 1. The number of benzene rings is 2. The van der Waals surface area contributed by atoms with E-state index in [0.29, 0.717) is 38.6 Å². The Morgan fingerprint density at radius 1 is 0.645 bits per heavy atom. The molecule has 34 heteroatoms. The number of hydrogen-bond donors (Lipinski definition) is 18. The molecule has 2 bridgehead atoms.